The summed E-state index contributed by atoms with van der Waals surface area (Å²) in [6, 6.07) is 10.7. The molecule has 0 aliphatic heterocycles. The second kappa shape index (κ2) is 14.5. The Morgan fingerprint density at radius 1 is 0.870 bits per heavy atom. The summed E-state index contributed by atoms with van der Waals surface area (Å²) in [5.74, 6) is 0.430. The van der Waals surface area contributed by atoms with E-state index in [2.05, 4.69) is 55.2 Å². The maximum Gasteiger partial charge on any atom is 0.0141 e. The second-order valence-corrected chi connectivity index (χ2v) is 6.64. The van der Waals surface area contributed by atoms with Crippen LogP contribution in [0.1, 0.15) is 82.6 Å². The Bertz CT molecular complexity index is 371. The molecule has 0 fully saturated rings. The van der Waals surface area contributed by atoms with Crippen molar-refractivity contribution in [2.75, 3.05) is 13.1 Å². The van der Waals surface area contributed by atoms with E-state index in [9.17, 15) is 0 Å². The number of unbranched alkanes of at least 4 members (excludes halogenated alkanes) is 9. The first kappa shape index (κ1) is 20.0. The van der Waals surface area contributed by atoms with Crippen LogP contribution in [0, 0.1) is 0 Å². The Morgan fingerprint density at radius 3 is 2.00 bits per heavy atom. The summed E-state index contributed by atoms with van der Waals surface area (Å²) in [6.07, 6.45) is 16.1. The third-order valence-electron chi connectivity index (χ3n) is 4.58. The first-order valence-corrected chi connectivity index (χ1v) is 9.76. The highest BCUT2D eigenvalue weighted by molar-refractivity contribution is 5.23. The largest absolute Gasteiger partial charge is 0.316 e. The van der Waals surface area contributed by atoms with Crippen LogP contribution in [0.5, 0.6) is 0 Å². The molecule has 1 unspecified atom stereocenters. The van der Waals surface area contributed by atoms with E-state index in [4.69, 9.17) is 0 Å². The van der Waals surface area contributed by atoms with Crippen LogP contribution in [-0.4, -0.2) is 13.1 Å². The van der Waals surface area contributed by atoms with Gasteiger partial charge in [0.05, 0.1) is 0 Å². The topological polar surface area (TPSA) is 12.0 Å². The minimum absolute atomic E-state index is 0.430. The van der Waals surface area contributed by atoms with Gasteiger partial charge in [-0.25, -0.2) is 0 Å². The van der Waals surface area contributed by atoms with Gasteiger partial charge in [-0.2, -0.15) is 0 Å². The average Bonchev–Trinajstić information content (AvgIpc) is 2.60. The van der Waals surface area contributed by atoms with E-state index in [0.29, 0.717) is 5.92 Å². The number of nitrogens with one attached hydrogen (secondary N) is 1. The molecule has 1 N–H and O–H groups in total. The Balaban J connectivity index is 1.92. The minimum atomic E-state index is 0.430. The van der Waals surface area contributed by atoms with Gasteiger partial charge in [-0.1, -0.05) is 101 Å². The number of rotatable bonds is 15. The predicted octanol–water partition coefficient (Wildman–Crippen LogP) is 6.47. The lowest BCUT2D eigenvalue weighted by Crippen LogP contribution is -2.21. The molecule has 1 aromatic carbocycles. The van der Waals surface area contributed by atoms with Crippen LogP contribution in [0.15, 0.2) is 43.0 Å². The van der Waals surface area contributed by atoms with Crippen LogP contribution in [0.4, 0.5) is 0 Å². The van der Waals surface area contributed by atoms with Crippen molar-refractivity contribution >= 4 is 0 Å². The van der Waals surface area contributed by atoms with Crippen LogP contribution >= 0.6 is 0 Å². The molecule has 1 heteroatoms. The summed E-state index contributed by atoms with van der Waals surface area (Å²) in [4.78, 5) is 0. The van der Waals surface area contributed by atoms with Crippen molar-refractivity contribution in [2.45, 2.75) is 77.0 Å². The molecular weight excluding hydrogens is 278 g/mol. The predicted molar refractivity (Wildman–Crippen MR) is 104 cm³/mol. The fourth-order valence-corrected chi connectivity index (χ4v) is 3.03. The molecule has 0 aliphatic carbocycles. The summed E-state index contributed by atoms with van der Waals surface area (Å²) in [5.41, 5.74) is 1.36. The number of hydrogen-bond donors (Lipinski definition) is 1. The van der Waals surface area contributed by atoms with Crippen molar-refractivity contribution in [3.05, 3.63) is 48.6 Å². The molecule has 1 rings (SSSR count). The zero-order valence-electron chi connectivity index (χ0n) is 15.2. The summed E-state index contributed by atoms with van der Waals surface area (Å²) in [6.45, 7) is 8.39. The smallest absolute Gasteiger partial charge is 0.0141 e. The summed E-state index contributed by atoms with van der Waals surface area (Å²) >= 11 is 0. The van der Waals surface area contributed by atoms with Gasteiger partial charge >= 0.3 is 0 Å². The van der Waals surface area contributed by atoms with Gasteiger partial charge in [0.1, 0.15) is 0 Å². The highest BCUT2D eigenvalue weighted by Gasteiger charge is 2.05. The summed E-state index contributed by atoms with van der Waals surface area (Å²) in [7, 11) is 0. The maximum absolute atomic E-state index is 3.97. The lowest BCUT2D eigenvalue weighted by molar-refractivity contribution is 0.540. The van der Waals surface area contributed by atoms with E-state index < -0.39 is 0 Å². The normalized spacial score (nSPS) is 12.2. The SMILES string of the molecule is C=CC(CNCCCCCCCCCCCC)c1ccccc1. The van der Waals surface area contributed by atoms with E-state index in [-0.39, 0.29) is 0 Å². The first-order valence-electron chi connectivity index (χ1n) is 9.76. The van der Waals surface area contributed by atoms with Gasteiger partial charge in [0.2, 0.25) is 0 Å². The molecule has 0 aliphatic rings. The maximum atomic E-state index is 3.97. The summed E-state index contributed by atoms with van der Waals surface area (Å²) in [5, 5.41) is 3.59. The zero-order valence-corrected chi connectivity index (χ0v) is 15.2. The minimum Gasteiger partial charge on any atom is -0.316 e. The van der Waals surface area contributed by atoms with Crippen LogP contribution < -0.4 is 5.32 Å². The number of hydrogen-bond acceptors (Lipinski definition) is 1. The molecule has 130 valence electrons. The van der Waals surface area contributed by atoms with E-state index >= 15 is 0 Å². The van der Waals surface area contributed by atoms with Gasteiger partial charge in [0.15, 0.2) is 0 Å². The van der Waals surface area contributed by atoms with Crippen molar-refractivity contribution in [1.82, 2.24) is 5.32 Å². The Kier molecular flexibility index (Phi) is 12.6. The molecule has 1 aromatic rings. The van der Waals surface area contributed by atoms with Crippen molar-refractivity contribution in [3.63, 3.8) is 0 Å². The molecular formula is C22H37N. The quantitative estimate of drug-likeness (QED) is 0.289. The third-order valence-corrected chi connectivity index (χ3v) is 4.58. The van der Waals surface area contributed by atoms with Gasteiger partial charge in [0.25, 0.3) is 0 Å². The van der Waals surface area contributed by atoms with E-state index in [1.807, 2.05) is 0 Å². The fourth-order valence-electron chi connectivity index (χ4n) is 3.03. The van der Waals surface area contributed by atoms with Gasteiger partial charge in [-0.15, -0.1) is 6.58 Å². The van der Waals surface area contributed by atoms with E-state index in [0.717, 1.165) is 13.1 Å². The summed E-state index contributed by atoms with van der Waals surface area (Å²) < 4.78 is 0. The molecule has 0 radical (unpaired) electrons. The van der Waals surface area contributed by atoms with Gasteiger partial charge in [-0.3, -0.25) is 0 Å². The van der Waals surface area contributed by atoms with Gasteiger partial charge in [0, 0.05) is 12.5 Å². The van der Waals surface area contributed by atoms with Crippen LogP contribution in [0.2, 0.25) is 0 Å². The van der Waals surface area contributed by atoms with Gasteiger partial charge in [-0.05, 0) is 18.5 Å². The Hall–Kier alpha value is -1.08. The average molecular weight is 316 g/mol. The van der Waals surface area contributed by atoms with Crippen molar-refractivity contribution in [1.29, 1.82) is 0 Å². The molecule has 0 saturated heterocycles. The molecule has 0 saturated carbocycles. The highest BCUT2D eigenvalue weighted by atomic mass is 14.8. The van der Waals surface area contributed by atoms with Crippen LogP contribution in [-0.2, 0) is 0 Å². The van der Waals surface area contributed by atoms with Crippen molar-refractivity contribution in [2.24, 2.45) is 0 Å². The molecule has 0 aromatic heterocycles. The number of benzene rings is 1. The first-order chi connectivity index (χ1) is 11.4. The molecule has 0 heterocycles. The second-order valence-electron chi connectivity index (χ2n) is 6.64. The molecule has 23 heavy (non-hydrogen) atoms. The zero-order chi connectivity index (χ0) is 16.6. The van der Waals surface area contributed by atoms with E-state index in [1.165, 1.54) is 69.8 Å². The molecule has 1 atom stereocenters. The molecule has 0 spiro atoms. The lowest BCUT2D eigenvalue weighted by Gasteiger charge is -2.14. The van der Waals surface area contributed by atoms with Crippen molar-refractivity contribution < 1.29 is 0 Å². The Labute approximate surface area is 144 Å². The van der Waals surface area contributed by atoms with Crippen LogP contribution in [0.3, 0.4) is 0 Å². The molecule has 0 amide bonds. The van der Waals surface area contributed by atoms with Crippen molar-refractivity contribution in [3.8, 4) is 0 Å². The standard InChI is InChI=1S/C22H37N/c1-3-5-6-7-8-9-10-11-12-16-19-23-20-21(4-2)22-17-14-13-15-18-22/h4,13-15,17-18,21,23H,2-3,5-12,16,19-20H2,1H3. The molecule has 0 bridgehead atoms. The van der Waals surface area contributed by atoms with Crippen LogP contribution in [0.25, 0.3) is 0 Å². The van der Waals surface area contributed by atoms with E-state index in [1.54, 1.807) is 0 Å². The third kappa shape index (κ3) is 10.3. The fraction of sp³-hybridized carbons (Fsp3) is 0.636. The Morgan fingerprint density at radius 2 is 1.43 bits per heavy atom. The monoisotopic (exact) mass is 315 g/mol. The highest BCUT2D eigenvalue weighted by Crippen LogP contribution is 2.15. The molecule has 1 nitrogen and oxygen atoms in total. The van der Waals surface area contributed by atoms with Gasteiger partial charge < -0.3 is 5.32 Å². The lowest BCUT2D eigenvalue weighted by atomic mass is 9.99.